The molecule has 1 heterocycles. The maximum Gasteiger partial charge on any atom is 0.178 e. The third-order valence-electron chi connectivity index (χ3n) is 4.65. The smallest absolute Gasteiger partial charge is 0.178 e. The fourth-order valence-electron chi connectivity index (χ4n) is 2.82. The lowest BCUT2D eigenvalue weighted by atomic mass is 10.1. The standard InChI is InChI=1S/C23H27NO3S/c1-2-3-16-24-21-12-8-19(9-13-21)6-7-20-10-14-23(15-11-20)28(25,26)17-4-5-22-18-27-22/h8-15,22,24H,2-5,16-18H2,1H3. The Balaban J connectivity index is 1.56. The Morgan fingerprint density at radius 2 is 1.61 bits per heavy atom. The van der Waals surface area contributed by atoms with E-state index in [1.54, 1.807) is 24.3 Å². The summed E-state index contributed by atoms with van der Waals surface area (Å²) in [6.07, 6.45) is 4.05. The van der Waals surface area contributed by atoms with E-state index in [0.29, 0.717) is 11.3 Å². The van der Waals surface area contributed by atoms with E-state index in [2.05, 4.69) is 24.1 Å². The molecule has 1 N–H and O–H groups in total. The van der Waals surface area contributed by atoms with E-state index in [1.165, 1.54) is 6.42 Å². The Morgan fingerprint density at radius 1 is 1.00 bits per heavy atom. The molecular weight excluding hydrogens is 370 g/mol. The van der Waals surface area contributed by atoms with Crippen LogP contribution in [-0.4, -0.2) is 33.4 Å². The summed E-state index contributed by atoms with van der Waals surface area (Å²) in [6, 6.07) is 14.9. The molecule has 2 aromatic rings. The third-order valence-corrected chi connectivity index (χ3v) is 6.47. The summed E-state index contributed by atoms with van der Waals surface area (Å²) in [5.74, 6) is 6.39. The van der Waals surface area contributed by atoms with Crippen molar-refractivity contribution in [2.24, 2.45) is 0 Å². The normalized spacial score (nSPS) is 15.5. The minimum Gasteiger partial charge on any atom is -0.385 e. The Kier molecular flexibility index (Phi) is 7.13. The van der Waals surface area contributed by atoms with Gasteiger partial charge in [-0.15, -0.1) is 0 Å². The second-order valence-electron chi connectivity index (χ2n) is 7.05. The molecule has 2 aromatic carbocycles. The summed E-state index contributed by atoms with van der Waals surface area (Å²) in [4.78, 5) is 0.359. The van der Waals surface area contributed by atoms with Crippen LogP contribution in [0, 0.1) is 11.8 Å². The predicted octanol–water partition coefficient (Wildman–Crippen LogP) is 4.25. The number of benzene rings is 2. The zero-order valence-electron chi connectivity index (χ0n) is 16.3. The Hall–Kier alpha value is -2.29. The minimum absolute atomic E-state index is 0.163. The number of sulfone groups is 1. The topological polar surface area (TPSA) is 58.7 Å². The molecule has 1 aliphatic heterocycles. The van der Waals surface area contributed by atoms with Gasteiger partial charge in [0.25, 0.3) is 0 Å². The average molecular weight is 398 g/mol. The largest absolute Gasteiger partial charge is 0.385 e. The zero-order valence-corrected chi connectivity index (χ0v) is 17.1. The molecule has 0 aromatic heterocycles. The molecule has 0 bridgehead atoms. The summed E-state index contributed by atoms with van der Waals surface area (Å²) >= 11 is 0. The van der Waals surface area contributed by atoms with Crippen LogP contribution in [0.1, 0.15) is 43.7 Å². The lowest BCUT2D eigenvalue weighted by Gasteiger charge is -2.05. The molecule has 1 unspecified atom stereocenters. The third kappa shape index (κ3) is 6.40. The molecule has 1 saturated heterocycles. The van der Waals surface area contributed by atoms with Crippen LogP contribution in [0.2, 0.25) is 0 Å². The van der Waals surface area contributed by atoms with Gasteiger partial charge in [0.1, 0.15) is 0 Å². The van der Waals surface area contributed by atoms with Crippen molar-refractivity contribution in [2.45, 2.75) is 43.6 Å². The molecule has 28 heavy (non-hydrogen) atoms. The second-order valence-corrected chi connectivity index (χ2v) is 9.16. The van der Waals surface area contributed by atoms with Crippen molar-refractivity contribution in [2.75, 3.05) is 24.2 Å². The Bertz CT molecular complexity index is 919. The first-order valence-electron chi connectivity index (χ1n) is 9.87. The number of hydrogen-bond donors (Lipinski definition) is 1. The van der Waals surface area contributed by atoms with Crippen LogP contribution in [0.15, 0.2) is 53.4 Å². The Morgan fingerprint density at radius 3 is 2.18 bits per heavy atom. The van der Waals surface area contributed by atoms with Gasteiger partial charge in [-0.2, -0.15) is 0 Å². The second kappa shape index (κ2) is 9.77. The number of rotatable bonds is 9. The van der Waals surface area contributed by atoms with Gasteiger partial charge in [0.2, 0.25) is 0 Å². The van der Waals surface area contributed by atoms with E-state index in [4.69, 9.17) is 4.74 Å². The number of nitrogens with one attached hydrogen (secondary N) is 1. The number of hydrogen-bond acceptors (Lipinski definition) is 4. The van der Waals surface area contributed by atoms with Crippen LogP contribution in [0.5, 0.6) is 0 Å². The highest BCUT2D eigenvalue weighted by Crippen LogP contribution is 2.19. The summed E-state index contributed by atoms with van der Waals surface area (Å²) in [6.45, 7) is 3.92. The van der Waals surface area contributed by atoms with Crippen LogP contribution < -0.4 is 5.32 Å². The lowest BCUT2D eigenvalue weighted by Crippen LogP contribution is -2.07. The number of unbranched alkanes of at least 4 members (excludes halogenated alkanes) is 1. The number of ether oxygens (including phenoxy) is 1. The molecule has 0 amide bonds. The first-order chi connectivity index (χ1) is 13.6. The molecule has 1 fully saturated rings. The minimum atomic E-state index is -3.24. The number of epoxide rings is 1. The molecule has 5 heteroatoms. The highest BCUT2D eigenvalue weighted by Gasteiger charge is 2.23. The van der Waals surface area contributed by atoms with E-state index in [9.17, 15) is 8.42 Å². The molecule has 0 saturated carbocycles. The molecule has 0 spiro atoms. The van der Waals surface area contributed by atoms with Crippen molar-refractivity contribution in [1.82, 2.24) is 0 Å². The molecular formula is C23H27NO3S. The van der Waals surface area contributed by atoms with Crippen molar-refractivity contribution in [3.05, 3.63) is 59.7 Å². The maximum absolute atomic E-state index is 12.4. The van der Waals surface area contributed by atoms with Crippen LogP contribution >= 0.6 is 0 Å². The van der Waals surface area contributed by atoms with Crippen LogP contribution in [0.4, 0.5) is 5.69 Å². The van der Waals surface area contributed by atoms with Gasteiger partial charge in [0.05, 0.1) is 23.4 Å². The molecule has 3 rings (SSSR count). The van der Waals surface area contributed by atoms with Crippen molar-refractivity contribution in [3.8, 4) is 11.8 Å². The monoisotopic (exact) mass is 397 g/mol. The van der Waals surface area contributed by atoms with E-state index >= 15 is 0 Å². The van der Waals surface area contributed by atoms with Crippen molar-refractivity contribution in [3.63, 3.8) is 0 Å². The number of anilines is 1. The summed E-state index contributed by atoms with van der Waals surface area (Å²) < 4.78 is 29.9. The zero-order chi connectivity index (χ0) is 19.8. The molecule has 148 valence electrons. The fourth-order valence-corrected chi connectivity index (χ4v) is 4.16. The van der Waals surface area contributed by atoms with Crippen molar-refractivity contribution < 1.29 is 13.2 Å². The van der Waals surface area contributed by atoms with Crippen LogP contribution in [0.25, 0.3) is 0 Å². The molecule has 4 nitrogen and oxygen atoms in total. The molecule has 1 atom stereocenters. The first kappa shape index (κ1) is 20.4. The SMILES string of the molecule is CCCCNc1ccc(C#Cc2ccc(S(=O)(=O)CCCC3CO3)cc2)cc1. The van der Waals surface area contributed by atoms with Gasteiger partial charge in [-0.1, -0.05) is 25.2 Å². The van der Waals surface area contributed by atoms with E-state index in [-0.39, 0.29) is 11.9 Å². The fraction of sp³-hybridized carbons (Fsp3) is 0.391. The van der Waals surface area contributed by atoms with Gasteiger partial charge < -0.3 is 10.1 Å². The van der Waals surface area contributed by atoms with Gasteiger partial charge in [0, 0.05) is 23.4 Å². The summed E-state index contributed by atoms with van der Waals surface area (Å²) in [5, 5.41) is 3.38. The molecule has 0 radical (unpaired) electrons. The van der Waals surface area contributed by atoms with E-state index in [1.807, 2.05) is 24.3 Å². The predicted molar refractivity (Wildman–Crippen MR) is 113 cm³/mol. The lowest BCUT2D eigenvalue weighted by molar-refractivity contribution is 0.395. The quantitative estimate of drug-likeness (QED) is 0.390. The van der Waals surface area contributed by atoms with Gasteiger partial charge in [-0.05, 0) is 67.8 Å². The van der Waals surface area contributed by atoms with E-state index in [0.717, 1.165) is 42.8 Å². The highest BCUT2D eigenvalue weighted by atomic mass is 32.2. The van der Waals surface area contributed by atoms with Gasteiger partial charge in [-0.3, -0.25) is 0 Å². The molecule has 0 aliphatic carbocycles. The highest BCUT2D eigenvalue weighted by molar-refractivity contribution is 7.91. The Labute approximate surface area is 168 Å². The summed E-state index contributed by atoms with van der Waals surface area (Å²) in [5.41, 5.74) is 2.83. The van der Waals surface area contributed by atoms with E-state index < -0.39 is 9.84 Å². The van der Waals surface area contributed by atoms with Gasteiger partial charge in [-0.25, -0.2) is 8.42 Å². The van der Waals surface area contributed by atoms with Gasteiger partial charge in [0.15, 0.2) is 9.84 Å². The average Bonchev–Trinajstić information content (AvgIpc) is 3.52. The first-order valence-corrected chi connectivity index (χ1v) is 11.5. The van der Waals surface area contributed by atoms with Crippen molar-refractivity contribution in [1.29, 1.82) is 0 Å². The van der Waals surface area contributed by atoms with Crippen molar-refractivity contribution >= 4 is 15.5 Å². The molecule has 1 aliphatic rings. The summed E-state index contributed by atoms with van der Waals surface area (Å²) in [7, 11) is -3.24. The maximum atomic E-state index is 12.4. The van der Waals surface area contributed by atoms with Crippen LogP contribution in [0.3, 0.4) is 0 Å². The van der Waals surface area contributed by atoms with Crippen LogP contribution in [-0.2, 0) is 14.6 Å². The van der Waals surface area contributed by atoms with Gasteiger partial charge >= 0.3 is 0 Å².